The Bertz CT molecular complexity index is 198. The average molecular weight is 173 g/mol. The summed E-state index contributed by atoms with van der Waals surface area (Å²) in [6.45, 7) is 7.13. The van der Waals surface area contributed by atoms with Gasteiger partial charge in [-0.15, -0.1) is 0 Å². The third-order valence-corrected chi connectivity index (χ3v) is 1.44. The van der Waals surface area contributed by atoms with Crippen LogP contribution in [0, 0.1) is 0 Å². The molecule has 0 aromatic carbocycles. The van der Waals surface area contributed by atoms with E-state index in [-0.39, 0.29) is 5.91 Å². The fourth-order valence-corrected chi connectivity index (χ4v) is 0.817. The highest BCUT2D eigenvalue weighted by Gasteiger charge is 2.44. The van der Waals surface area contributed by atoms with Crippen molar-refractivity contribution in [3.05, 3.63) is 0 Å². The van der Waals surface area contributed by atoms with Crippen molar-refractivity contribution in [2.75, 3.05) is 7.05 Å². The lowest BCUT2D eigenvalue weighted by Gasteiger charge is -2.10. The molecular weight excluding hydrogens is 158 g/mol. The van der Waals surface area contributed by atoms with Crippen molar-refractivity contribution in [2.24, 2.45) is 0 Å². The van der Waals surface area contributed by atoms with Gasteiger partial charge in [-0.1, -0.05) is 13.8 Å². The molecule has 12 heavy (non-hydrogen) atoms. The summed E-state index contributed by atoms with van der Waals surface area (Å²) in [5.74, 6) is -0.294. The topological polar surface area (TPSA) is 46.6 Å². The third-order valence-electron chi connectivity index (χ3n) is 1.44. The van der Waals surface area contributed by atoms with Crippen molar-refractivity contribution >= 4 is 12.0 Å². The maximum absolute atomic E-state index is 11.0. The summed E-state index contributed by atoms with van der Waals surface area (Å²) in [7, 11) is 1.40. The number of cyclic esters (lactones) is 1. The SMILES string of the molecule is CC.CN1C(=O)OC(C)(C)C1=O. The molecular formula is C8H15NO3. The van der Waals surface area contributed by atoms with E-state index in [0.29, 0.717) is 0 Å². The smallest absolute Gasteiger partial charge is 0.417 e. The summed E-state index contributed by atoms with van der Waals surface area (Å²) < 4.78 is 4.71. The van der Waals surface area contributed by atoms with Gasteiger partial charge in [0, 0.05) is 7.05 Å². The summed E-state index contributed by atoms with van der Waals surface area (Å²) in [5, 5.41) is 0. The van der Waals surface area contributed by atoms with Gasteiger partial charge in [-0.3, -0.25) is 4.79 Å². The van der Waals surface area contributed by atoms with Crippen LogP contribution in [0.15, 0.2) is 0 Å². The van der Waals surface area contributed by atoms with Gasteiger partial charge in [-0.05, 0) is 13.8 Å². The molecule has 1 aliphatic rings. The summed E-state index contributed by atoms with van der Waals surface area (Å²) in [4.78, 5) is 22.7. The van der Waals surface area contributed by atoms with Crippen molar-refractivity contribution < 1.29 is 14.3 Å². The minimum Gasteiger partial charge on any atom is -0.433 e. The number of likely N-dealkylation sites (N-methyl/N-ethyl adjacent to an activating group) is 1. The number of ether oxygens (including phenoxy) is 1. The lowest BCUT2D eigenvalue weighted by molar-refractivity contribution is -0.133. The monoisotopic (exact) mass is 173 g/mol. The second-order valence-electron chi connectivity index (χ2n) is 2.74. The Balaban J connectivity index is 0.000000561. The quantitative estimate of drug-likeness (QED) is 0.556. The minimum absolute atomic E-state index is 0.294. The molecule has 0 N–H and O–H groups in total. The van der Waals surface area contributed by atoms with Gasteiger partial charge in [-0.25, -0.2) is 9.69 Å². The van der Waals surface area contributed by atoms with E-state index in [2.05, 4.69) is 0 Å². The normalized spacial score (nSPS) is 19.9. The van der Waals surface area contributed by atoms with Crippen molar-refractivity contribution in [3.8, 4) is 0 Å². The molecule has 0 saturated carbocycles. The molecule has 0 unspecified atom stereocenters. The number of imide groups is 1. The first kappa shape index (κ1) is 10.9. The maximum atomic E-state index is 11.0. The first-order valence-electron chi connectivity index (χ1n) is 3.96. The second-order valence-corrected chi connectivity index (χ2v) is 2.74. The Morgan fingerprint density at radius 3 is 1.75 bits per heavy atom. The Hall–Kier alpha value is -1.06. The number of amides is 2. The average Bonchev–Trinajstić information content (AvgIpc) is 2.19. The van der Waals surface area contributed by atoms with E-state index in [9.17, 15) is 9.59 Å². The molecule has 1 aliphatic heterocycles. The molecule has 0 aromatic rings. The van der Waals surface area contributed by atoms with Crippen LogP contribution in [0.4, 0.5) is 4.79 Å². The molecule has 0 radical (unpaired) electrons. The van der Waals surface area contributed by atoms with Gasteiger partial charge in [-0.2, -0.15) is 0 Å². The Labute approximate surface area is 72.5 Å². The fraction of sp³-hybridized carbons (Fsp3) is 0.750. The highest BCUT2D eigenvalue weighted by molar-refractivity contribution is 6.01. The molecule has 70 valence electrons. The van der Waals surface area contributed by atoms with Gasteiger partial charge >= 0.3 is 6.09 Å². The highest BCUT2D eigenvalue weighted by atomic mass is 16.6. The molecule has 1 saturated heterocycles. The Morgan fingerprint density at radius 1 is 1.25 bits per heavy atom. The van der Waals surface area contributed by atoms with Crippen LogP contribution in [0.3, 0.4) is 0 Å². The molecule has 4 heteroatoms. The largest absolute Gasteiger partial charge is 0.433 e. The molecule has 2 amide bonds. The van der Waals surface area contributed by atoms with Gasteiger partial charge in [0.1, 0.15) is 0 Å². The summed E-state index contributed by atoms with van der Waals surface area (Å²) in [5.41, 5.74) is -0.966. The zero-order chi connectivity index (χ0) is 9.94. The van der Waals surface area contributed by atoms with E-state index in [1.165, 1.54) is 7.05 Å². The van der Waals surface area contributed by atoms with Crippen LogP contribution in [0.5, 0.6) is 0 Å². The van der Waals surface area contributed by atoms with Crippen LogP contribution < -0.4 is 0 Å². The number of carbonyl (C=O) groups is 2. The predicted octanol–water partition coefficient (Wildman–Crippen LogP) is 1.40. The van der Waals surface area contributed by atoms with E-state index < -0.39 is 11.7 Å². The summed E-state index contributed by atoms with van der Waals surface area (Å²) >= 11 is 0. The van der Waals surface area contributed by atoms with Crippen LogP contribution in [-0.4, -0.2) is 29.5 Å². The van der Waals surface area contributed by atoms with E-state index in [1.54, 1.807) is 13.8 Å². The molecule has 0 atom stereocenters. The van der Waals surface area contributed by atoms with Crippen LogP contribution in [0.1, 0.15) is 27.7 Å². The molecule has 0 spiro atoms. The van der Waals surface area contributed by atoms with Gasteiger partial charge in [0.2, 0.25) is 0 Å². The molecule has 1 fully saturated rings. The first-order valence-corrected chi connectivity index (χ1v) is 3.96. The van der Waals surface area contributed by atoms with E-state index >= 15 is 0 Å². The van der Waals surface area contributed by atoms with Crippen molar-refractivity contribution in [1.29, 1.82) is 0 Å². The number of rotatable bonds is 0. The van der Waals surface area contributed by atoms with Crippen molar-refractivity contribution in [1.82, 2.24) is 4.90 Å². The van der Waals surface area contributed by atoms with Crippen LogP contribution in [0.25, 0.3) is 0 Å². The zero-order valence-corrected chi connectivity index (χ0v) is 8.17. The fourth-order valence-electron chi connectivity index (χ4n) is 0.817. The number of hydrogen-bond acceptors (Lipinski definition) is 3. The summed E-state index contributed by atoms with van der Waals surface area (Å²) in [6.07, 6.45) is -0.574. The number of carbonyl (C=O) groups excluding carboxylic acids is 2. The lowest BCUT2D eigenvalue weighted by Crippen LogP contribution is -2.33. The van der Waals surface area contributed by atoms with Gasteiger partial charge in [0.05, 0.1) is 0 Å². The van der Waals surface area contributed by atoms with Gasteiger partial charge in [0.15, 0.2) is 5.60 Å². The molecule has 0 bridgehead atoms. The van der Waals surface area contributed by atoms with Gasteiger partial charge in [0.25, 0.3) is 5.91 Å². The van der Waals surface area contributed by atoms with Crippen molar-refractivity contribution in [2.45, 2.75) is 33.3 Å². The Morgan fingerprint density at radius 2 is 1.67 bits per heavy atom. The lowest BCUT2D eigenvalue weighted by atomic mass is 10.1. The van der Waals surface area contributed by atoms with Crippen molar-refractivity contribution in [3.63, 3.8) is 0 Å². The molecule has 0 aliphatic carbocycles. The third kappa shape index (κ3) is 1.75. The molecule has 1 rings (SSSR count). The second kappa shape index (κ2) is 3.56. The maximum Gasteiger partial charge on any atom is 0.417 e. The minimum atomic E-state index is -0.966. The predicted molar refractivity (Wildman–Crippen MR) is 44.7 cm³/mol. The standard InChI is InChI=1S/C6H9NO3.C2H6/c1-6(2)4(8)7(3)5(9)10-6;1-2/h1-3H3;1-2H3. The molecule has 4 nitrogen and oxygen atoms in total. The van der Waals surface area contributed by atoms with E-state index in [0.717, 1.165) is 4.90 Å². The van der Waals surface area contributed by atoms with Crippen LogP contribution in [-0.2, 0) is 9.53 Å². The number of hydrogen-bond donors (Lipinski definition) is 0. The van der Waals surface area contributed by atoms with Crippen LogP contribution >= 0.6 is 0 Å². The van der Waals surface area contributed by atoms with E-state index in [1.807, 2.05) is 13.8 Å². The highest BCUT2D eigenvalue weighted by Crippen LogP contribution is 2.21. The first-order chi connectivity index (χ1) is 5.45. The molecule has 1 heterocycles. The molecule has 0 aromatic heterocycles. The van der Waals surface area contributed by atoms with Gasteiger partial charge < -0.3 is 4.74 Å². The zero-order valence-electron chi connectivity index (χ0n) is 8.17. The van der Waals surface area contributed by atoms with Crippen LogP contribution in [0.2, 0.25) is 0 Å². The summed E-state index contributed by atoms with van der Waals surface area (Å²) in [6, 6.07) is 0. The Kier molecular flexibility index (Phi) is 3.24. The number of nitrogens with zero attached hydrogens (tertiary/aromatic N) is 1. The van der Waals surface area contributed by atoms with E-state index in [4.69, 9.17) is 4.74 Å².